The number of methoxy groups -OCH3 is 1. The van der Waals surface area contributed by atoms with E-state index in [1.165, 1.54) is 0 Å². The summed E-state index contributed by atoms with van der Waals surface area (Å²) in [6.45, 7) is 9.52. The minimum atomic E-state index is -0.486. The van der Waals surface area contributed by atoms with Crippen LogP contribution in [0.5, 0.6) is 5.75 Å². The first-order chi connectivity index (χ1) is 13.3. The molecule has 1 aromatic rings. The summed E-state index contributed by atoms with van der Waals surface area (Å²) in [4.78, 5) is 20.1. The van der Waals surface area contributed by atoms with Crippen molar-refractivity contribution in [1.29, 1.82) is 0 Å². The lowest BCUT2D eigenvalue weighted by Crippen LogP contribution is -2.53. The number of ether oxygens (including phenoxy) is 3. The first-order valence-corrected chi connectivity index (χ1v) is 9.52. The maximum absolute atomic E-state index is 12.1. The summed E-state index contributed by atoms with van der Waals surface area (Å²) < 4.78 is 16.2. The molecule has 1 amide bonds. The summed E-state index contributed by atoms with van der Waals surface area (Å²) in [6, 6.07) is 7.76. The molecule has 0 atom stereocenters. The highest BCUT2D eigenvalue weighted by Crippen LogP contribution is 2.13. The molecule has 2 N–H and O–H groups in total. The molecule has 1 saturated heterocycles. The number of carbonyl (C=O) groups is 1. The monoisotopic (exact) mass is 520 g/mol. The van der Waals surface area contributed by atoms with E-state index in [9.17, 15) is 4.79 Å². The first kappa shape index (κ1) is 25.3. The van der Waals surface area contributed by atoms with Crippen LogP contribution in [0.1, 0.15) is 26.3 Å². The summed E-state index contributed by atoms with van der Waals surface area (Å²) in [7, 11) is 1.64. The fourth-order valence-electron chi connectivity index (χ4n) is 2.68. The van der Waals surface area contributed by atoms with Crippen LogP contribution >= 0.6 is 24.0 Å². The van der Waals surface area contributed by atoms with E-state index in [2.05, 4.69) is 4.99 Å². The highest BCUT2D eigenvalue weighted by molar-refractivity contribution is 14.0. The van der Waals surface area contributed by atoms with Gasteiger partial charge in [0.25, 0.3) is 0 Å². The first-order valence-electron chi connectivity index (χ1n) is 9.52. The largest absolute Gasteiger partial charge is 0.497 e. The van der Waals surface area contributed by atoms with Crippen molar-refractivity contribution >= 4 is 36.0 Å². The quantitative estimate of drug-likeness (QED) is 0.269. The molecule has 0 aromatic heterocycles. The van der Waals surface area contributed by atoms with E-state index in [0.29, 0.717) is 51.9 Å². The summed E-state index contributed by atoms with van der Waals surface area (Å²) in [5.74, 6) is 1.31. The molecule has 8 nitrogen and oxygen atoms in total. The number of nitrogens with zero attached hydrogens (tertiary/aromatic N) is 3. The summed E-state index contributed by atoms with van der Waals surface area (Å²) in [6.07, 6.45) is -0.283. The van der Waals surface area contributed by atoms with Crippen LogP contribution in [0.15, 0.2) is 29.3 Å². The van der Waals surface area contributed by atoms with E-state index in [-0.39, 0.29) is 30.1 Å². The minimum absolute atomic E-state index is 0. The molecule has 1 aliphatic rings. The molecule has 0 radical (unpaired) electrons. The lowest BCUT2D eigenvalue weighted by atomic mass is 10.2. The SMILES string of the molecule is COc1ccc(COCCN=C(N)N2CCN(C(=O)OC(C)(C)C)CC2)cc1.I. The van der Waals surface area contributed by atoms with Crippen molar-refractivity contribution in [1.82, 2.24) is 9.80 Å². The molecule has 0 bridgehead atoms. The molecule has 0 spiro atoms. The molecular formula is C20H33IN4O4. The molecule has 0 unspecified atom stereocenters. The van der Waals surface area contributed by atoms with Gasteiger partial charge in [-0.2, -0.15) is 0 Å². The van der Waals surface area contributed by atoms with E-state index < -0.39 is 5.60 Å². The van der Waals surface area contributed by atoms with Crippen molar-refractivity contribution in [3.63, 3.8) is 0 Å². The van der Waals surface area contributed by atoms with Crippen molar-refractivity contribution < 1.29 is 19.0 Å². The zero-order valence-electron chi connectivity index (χ0n) is 17.7. The minimum Gasteiger partial charge on any atom is -0.497 e. The summed E-state index contributed by atoms with van der Waals surface area (Å²) in [5.41, 5.74) is 6.66. The molecule has 1 fully saturated rings. The Hall–Kier alpha value is -1.75. The molecule has 164 valence electrons. The van der Waals surface area contributed by atoms with Gasteiger partial charge in [-0.25, -0.2) is 4.79 Å². The Bertz CT molecular complexity index is 653. The predicted octanol–water partition coefficient (Wildman–Crippen LogP) is 2.70. The second kappa shape index (κ2) is 12.1. The Labute approximate surface area is 190 Å². The van der Waals surface area contributed by atoms with Crippen LogP contribution in [0.4, 0.5) is 4.79 Å². The van der Waals surface area contributed by atoms with Gasteiger partial charge in [0.2, 0.25) is 0 Å². The zero-order valence-corrected chi connectivity index (χ0v) is 20.0. The van der Waals surface area contributed by atoms with Gasteiger partial charge >= 0.3 is 6.09 Å². The molecule has 9 heteroatoms. The fourth-order valence-corrected chi connectivity index (χ4v) is 2.68. The van der Waals surface area contributed by atoms with Gasteiger partial charge in [-0.05, 0) is 38.5 Å². The van der Waals surface area contributed by atoms with Gasteiger partial charge in [-0.1, -0.05) is 12.1 Å². The Morgan fingerprint density at radius 1 is 1.10 bits per heavy atom. The van der Waals surface area contributed by atoms with Crippen LogP contribution in [0, 0.1) is 0 Å². The van der Waals surface area contributed by atoms with E-state index in [1.54, 1.807) is 12.0 Å². The van der Waals surface area contributed by atoms with Crippen molar-refractivity contribution in [2.75, 3.05) is 46.4 Å². The van der Waals surface area contributed by atoms with Crippen LogP contribution in [0.25, 0.3) is 0 Å². The van der Waals surface area contributed by atoms with Gasteiger partial charge in [0.15, 0.2) is 5.96 Å². The fraction of sp³-hybridized carbons (Fsp3) is 0.600. The normalized spacial score (nSPS) is 15.0. The highest BCUT2D eigenvalue weighted by atomic mass is 127. The lowest BCUT2D eigenvalue weighted by molar-refractivity contribution is 0.0186. The zero-order chi connectivity index (χ0) is 20.6. The molecule has 2 rings (SSSR count). The predicted molar refractivity (Wildman–Crippen MR) is 124 cm³/mol. The van der Waals surface area contributed by atoms with Gasteiger partial charge < -0.3 is 29.7 Å². The van der Waals surface area contributed by atoms with Crippen LogP contribution in [0.3, 0.4) is 0 Å². The molecule has 29 heavy (non-hydrogen) atoms. The Morgan fingerprint density at radius 3 is 2.24 bits per heavy atom. The molecule has 0 saturated carbocycles. The number of piperazine rings is 1. The third kappa shape index (κ3) is 9.07. The average Bonchev–Trinajstić information content (AvgIpc) is 2.67. The Kier molecular flexibility index (Phi) is 10.5. The third-order valence-electron chi connectivity index (χ3n) is 4.19. The van der Waals surface area contributed by atoms with Gasteiger partial charge in [0, 0.05) is 26.2 Å². The topological polar surface area (TPSA) is 89.6 Å². The van der Waals surface area contributed by atoms with Crippen LogP contribution in [-0.4, -0.2) is 73.9 Å². The van der Waals surface area contributed by atoms with Gasteiger partial charge in [-0.3, -0.25) is 4.99 Å². The molecule has 1 aromatic carbocycles. The van der Waals surface area contributed by atoms with E-state index in [4.69, 9.17) is 19.9 Å². The Morgan fingerprint density at radius 2 is 1.69 bits per heavy atom. The molecule has 0 aliphatic carbocycles. The number of hydrogen-bond donors (Lipinski definition) is 1. The smallest absolute Gasteiger partial charge is 0.410 e. The second-order valence-electron chi connectivity index (χ2n) is 7.60. The summed E-state index contributed by atoms with van der Waals surface area (Å²) >= 11 is 0. The number of rotatable bonds is 6. The van der Waals surface area contributed by atoms with Crippen LogP contribution in [-0.2, 0) is 16.1 Å². The van der Waals surface area contributed by atoms with E-state index >= 15 is 0 Å². The number of halogens is 1. The number of benzene rings is 1. The third-order valence-corrected chi connectivity index (χ3v) is 4.19. The van der Waals surface area contributed by atoms with E-state index in [0.717, 1.165) is 11.3 Å². The van der Waals surface area contributed by atoms with Crippen molar-refractivity contribution in [2.24, 2.45) is 10.7 Å². The van der Waals surface area contributed by atoms with Crippen molar-refractivity contribution in [2.45, 2.75) is 33.0 Å². The number of amides is 1. The van der Waals surface area contributed by atoms with E-state index in [1.807, 2.05) is 49.9 Å². The van der Waals surface area contributed by atoms with Crippen LogP contribution in [0.2, 0.25) is 0 Å². The standard InChI is InChI=1S/C20H32N4O4.HI/c1-20(2,3)28-19(25)24-12-10-23(11-13-24)18(21)22-9-14-27-15-16-5-7-17(26-4)8-6-16;/h5-8H,9-15H2,1-4H3,(H2,21,22);1H. The molecule has 1 heterocycles. The lowest BCUT2D eigenvalue weighted by Gasteiger charge is -2.36. The van der Waals surface area contributed by atoms with Gasteiger partial charge in [-0.15, -0.1) is 24.0 Å². The summed E-state index contributed by atoms with van der Waals surface area (Å²) in [5, 5.41) is 0. The number of carbonyl (C=O) groups excluding carboxylic acids is 1. The molecule has 1 aliphatic heterocycles. The number of aliphatic imine (C=N–C) groups is 1. The van der Waals surface area contributed by atoms with Gasteiger partial charge in [0.05, 0.1) is 26.9 Å². The maximum atomic E-state index is 12.1. The maximum Gasteiger partial charge on any atom is 0.410 e. The van der Waals surface area contributed by atoms with Crippen molar-refractivity contribution in [3.8, 4) is 5.75 Å². The molecular weight excluding hydrogens is 487 g/mol. The highest BCUT2D eigenvalue weighted by Gasteiger charge is 2.26. The second-order valence-corrected chi connectivity index (χ2v) is 7.60. The number of guanidine groups is 1. The van der Waals surface area contributed by atoms with Crippen LogP contribution < -0.4 is 10.5 Å². The van der Waals surface area contributed by atoms with Gasteiger partial charge in [0.1, 0.15) is 11.4 Å². The Balaban J connectivity index is 0.00000420. The van der Waals surface area contributed by atoms with Crippen molar-refractivity contribution in [3.05, 3.63) is 29.8 Å². The number of nitrogens with two attached hydrogens (primary N) is 1. The number of hydrogen-bond acceptors (Lipinski definition) is 5. The average molecular weight is 520 g/mol.